The lowest BCUT2D eigenvalue weighted by Crippen LogP contribution is -2.35. The minimum absolute atomic E-state index is 0.0905. The average molecular weight is 287 g/mol. The number of amides is 1. The molecular formula is C16H21N3O2. The Morgan fingerprint density at radius 1 is 1.43 bits per heavy atom. The standard InChI is InChI=1S/C16H21N3O2/c1-19(11-13-6-8-21-9-7-13)12-16(20)18-15-5-3-2-4-14(15)10-17/h2-5,13H,6-9,11-12H2,1H3,(H,18,20). The van der Waals surface area contributed by atoms with Gasteiger partial charge in [0.05, 0.1) is 17.8 Å². The summed E-state index contributed by atoms with van der Waals surface area (Å²) in [5.41, 5.74) is 1.06. The molecule has 0 bridgehead atoms. The highest BCUT2D eigenvalue weighted by atomic mass is 16.5. The molecule has 5 heteroatoms. The predicted molar refractivity (Wildman–Crippen MR) is 80.8 cm³/mol. The fraction of sp³-hybridized carbons (Fsp3) is 0.500. The van der Waals surface area contributed by atoms with Crippen LogP contribution in [0.4, 0.5) is 5.69 Å². The van der Waals surface area contributed by atoms with Crippen molar-refractivity contribution in [1.29, 1.82) is 5.26 Å². The maximum Gasteiger partial charge on any atom is 0.238 e. The molecule has 0 aromatic heterocycles. The SMILES string of the molecule is CN(CC(=O)Nc1ccccc1C#N)CC1CCOCC1. The summed E-state index contributed by atoms with van der Waals surface area (Å²) in [6.45, 7) is 2.87. The number of rotatable bonds is 5. The second kappa shape index (κ2) is 7.77. The molecule has 1 aliphatic rings. The van der Waals surface area contributed by atoms with Crippen molar-refractivity contribution in [1.82, 2.24) is 4.90 Å². The molecule has 0 saturated carbocycles. The number of benzene rings is 1. The summed E-state index contributed by atoms with van der Waals surface area (Å²) >= 11 is 0. The van der Waals surface area contributed by atoms with E-state index in [-0.39, 0.29) is 5.91 Å². The number of para-hydroxylation sites is 1. The molecule has 0 unspecified atom stereocenters. The van der Waals surface area contributed by atoms with Gasteiger partial charge in [-0.3, -0.25) is 9.69 Å². The van der Waals surface area contributed by atoms with Gasteiger partial charge in [0.25, 0.3) is 0 Å². The van der Waals surface area contributed by atoms with Crippen LogP contribution in [0.25, 0.3) is 0 Å². The Morgan fingerprint density at radius 3 is 2.86 bits per heavy atom. The van der Waals surface area contributed by atoms with Crippen LogP contribution in [0.15, 0.2) is 24.3 Å². The van der Waals surface area contributed by atoms with Gasteiger partial charge in [-0.25, -0.2) is 0 Å². The molecule has 1 amide bonds. The van der Waals surface area contributed by atoms with Crippen LogP contribution in [0, 0.1) is 17.2 Å². The van der Waals surface area contributed by atoms with E-state index in [1.54, 1.807) is 18.2 Å². The van der Waals surface area contributed by atoms with E-state index in [0.29, 0.717) is 23.7 Å². The zero-order valence-corrected chi connectivity index (χ0v) is 12.3. The molecule has 1 aliphatic heterocycles. The highest BCUT2D eigenvalue weighted by Gasteiger charge is 2.17. The molecule has 1 heterocycles. The highest BCUT2D eigenvalue weighted by molar-refractivity contribution is 5.93. The Kier molecular flexibility index (Phi) is 5.73. The molecule has 1 aromatic carbocycles. The first-order valence-electron chi connectivity index (χ1n) is 7.24. The topological polar surface area (TPSA) is 65.4 Å². The summed E-state index contributed by atoms with van der Waals surface area (Å²) in [4.78, 5) is 14.1. The van der Waals surface area contributed by atoms with Crippen molar-refractivity contribution in [2.75, 3.05) is 38.7 Å². The number of carbonyl (C=O) groups is 1. The monoisotopic (exact) mass is 287 g/mol. The largest absolute Gasteiger partial charge is 0.381 e. The van der Waals surface area contributed by atoms with Gasteiger partial charge in [0.15, 0.2) is 0 Å². The van der Waals surface area contributed by atoms with Crippen LogP contribution < -0.4 is 5.32 Å². The lowest BCUT2D eigenvalue weighted by Gasteiger charge is -2.26. The van der Waals surface area contributed by atoms with E-state index < -0.39 is 0 Å². The lowest BCUT2D eigenvalue weighted by molar-refractivity contribution is -0.117. The Balaban J connectivity index is 1.82. The second-order valence-electron chi connectivity index (χ2n) is 5.46. The molecule has 1 saturated heterocycles. The molecule has 0 aliphatic carbocycles. The van der Waals surface area contributed by atoms with Crippen LogP contribution in [0.5, 0.6) is 0 Å². The number of likely N-dealkylation sites (N-methyl/N-ethyl adjacent to an activating group) is 1. The number of ether oxygens (including phenoxy) is 1. The molecule has 2 rings (SSSR count). The van der Waals surface area contributed by atoms with Gasteiger partial charge in [-0.1, -0.05) is 12.1 Å². The van der Waals surface area contributed by atoms with E-state index in [1.807, 2.05) is 18.0 Å². The number of nitriles is 1. The number of hydrogen-bond donors (Lipinski definition) is 1. The number of nitrogens with one attached hydrogen (secondary N) is 1. The van der Waals surface area contributed by atoms with Crippen LogP contribution in [-0.2, 0) is 9.53 Å². The summed E-state index contributed by atoms with van der Waals surface area (Å²) in [7, 11) is 1.95. The van der Waals surface area contributed by atoms with E-state index in [9.17, 15) is 4.79 Å². The molecule has 0 spiro atoms. The van der Waals surface area contributed by atoms with Gasteiger partial charge in [0.1, 0.15) is 6.07 Å². The van der Waals surface area contributed by atoms with Gasteiger partial charge in [-0.2, -0.15) is 5.26 Å². The van der Waals surface area contributed by atoms with E-state index in [2.05, 4.69) is 11.4 Å². The zero-order valence-electron chi connectivity index (χ0n) is 12.3. The summed E-state index contributed by atoms with van der Waals surface area (Å²) in [6, 6.07) is 9.11. The maximum atomic E-state index is 12.0. The van der Waals surface area contributed by atoms with Crippen molar-refractivity contribution in [3.05, 3.63) is 29.8 Å². The number of anilines is 1. The molecule has 112 valence electrons. The summed E-state index contributed by atoms with van der Waals surface area (Å²) in [6.07, 6.45) is 2.12. The third-order valence-electron chi connectivity index (χ3n) is 3.65. The number of nitrogens with zero attached hydrogens (tertiary/aromatic N) is 2. The second-order valence-corrected chi connectivity index (χ2v) is 5.46. The van der Waals surface area contributed by atoms with Crippen molar-refractivity contribution in [2.45, 2.75) is 12.8 Å². The molecule has 1 N–H and O–H groups in total. The fourth-order valence-corrected chi connectivity index (χ4v) is 2.56. The van der Waals surface area contributed by atoms with Crippen LogP contribution in [0.2, 0.25) is 0 Å². The molecule has 5 nitrogen and oxygen atoms in total. The van der Waals surface area contributed by atoms with Crippen molar-refractivity contribution in [3.8, 4) is 6.07 Å². The minimum atomic E-state index is -0.0905. The van der Waals surface area contributed by atoms with Crippen molar-refractivity contribution >= 4 is 11.6 Å². The van der Waals surface area contributed by atoms with Gasteiger partial charge >= 0.3 is 0 Å². The molecule has 1 aromatic rings. The van der Waals surface area contributed by atoms with Gasteiger partial charge in [0, 0.05) is 19.8 Å². The van der Waals surface area contributed by atoms with Gasteiger partial charge < -0.3 is 10.1 Å². The summed E-state index contributed by atoms with van der Waals surface area (Å²) in [5, 5.41) is 11.8. The Morgan fingerprint density at radius 2 is 2.14 bits per heavy atom. The van der Waals surface area contributed by atoms with Crippen molar-refractivity contribution in [2.24, 2.45) is 5.92 Å². The average Bonchev–Trinajstić information content (AvgIpc) is 2.48. The maximum absolute atomic E-state index is 12.0. The molecular weight excluding hydrogens is 266 g/mol. The first kappa shape index (κ1) is 15.5. The van der Waals surface area contributed by atoms with Crippen LogP contribution in [-0.4, -0.2) is 44.2 Å². The van der Waals surface area contributed by atoms with Crippen LogP contribution in [0.1, 0.15) is 18.4 Å². The minimum Gasteiger partial charge on any atom is -0.381 e. The van der Waals surface area contributed by atoms with E-state index in [1.165, 1.54) is 0 Å². The fourth-order valence-electron chi connectivity index (χ4n) is 2.56. The molecule has 21 heavy (non-hydrogen) atoms. The Bertz CT molecular complexity index is 518. The van der Waals surface area contributed by atoms with Crippen molar-refractivity contribution in [3.63, 3.8) is 0 Å². The predicted octanol–water partition coefficient (Wildman–Crippen LogP) is 1.86. The van der Waals surface area contributed by atoms with Crippen LogP contribution >= 0.6 is 0 Å². The molecule has 0 radical (unpaired) electrons. The Labute approximate surface area is 125 Å². The van der Waals surface area contributed by atoms with Gasteiger partial charge in [-0.05, 0) is 37.9 Å². The lowest BCUT2D eigenvalue weighted by atomic mass is 10.00. The first-order valence-corrected chi connectivity index (χ1v) is 7.24. The zero-order chi connectivity index (χ0) is 15.1. The molecule has 0 atom stereocenters. The molecule has 1 fully saturated rings. The highest BCUT2D eigenvalue weighted by Crippen LogP contribution is 2.16. The van der Waals surface area contributed by atoms with Gasteiger partial charge in [-0.15, -0.1) is 0 Å². The third-order valence-corrected chi connectivity index (χ3v) is 3.65. The van der Waals surface area contributed by atoms with E-state index in [0.717, 1.165) is 32.6 Å². The third kappa shape index (κ3) is 4.85. The smallest absolute Gasteiger partial charge is 0.238 e. The normalized spacial score (nSPS) is 15.7. The van der Waals surface area contributed by atoms with Gasteiger partial charge in [0.2, 0.25) is 5.91 Å². The number of hydrogen-bond acceptors (Lipinski definition) is 4. The van der Waals surface area contributed by atoms with Crippen LogP contribution in [0.3, 0.4) is 0 Å². The van der Waals surface area contributed by atoms with E-state index in [4.69, 9.17) is 10.00 Å². The quantitative estimate of drug-likeness (QED) is 0.897. The van der Waals surface area contributed by atoms with E-state index >= 15 is 0 Å². The number of carbonyl (C=O) groups excluding carboxylic acids is 1. The Hall–Kier alpha value is -1.90. The first-order chi connectivity index (χ1) is 10.2. The summed E-state index contributed by atoms with van der Waals surface area (Å²) < 4.78 is 5.34. The van der Waals surface area contributed by atoms with Crippen molar-refractivity contribution < 1.29 is 9.53 Å². The summed E-state index contributed by atoms with van der Waals surface area (Å²) in [5.74, 6) is 0.509.